The van der Waals surface area contributed by atoms with Crippen LogP contribution in [0.3, 0.4) is 0 Å². The highest BCUT2D eigenvalue weighted by atomic mass is 16.6. The molecule has 242 valence electrons. The molecule has 0 aliphatic carbocycles. The molecule has 4 aromatic rings. The summed E-state index contributed by atoms with van der Waals surface area (Å²) in [5.41, 5.74) is 3.30. The van der Waals surface area contributed by atoms with Gasteiger partial charge in [0.1, 0.15) is 11.6 Å². The molecule has 1 aliphatic rings. The highest BCUT2D eigenvalue weighted by Crippen LogP contribution is 2.25. The van der Waals surface area contributed by atoms with E-state index in [9.17, 15) is 14.4 Å². The van der Waals surface area contributed by atoms with Gasteiger partial charge in [-0.1, -0.05) is 78.9 Å². The minimum absolute atomic E-state index is 0.180. The monoisotopic (exact) mass is 622 g/mol. The number of hydrogen-bond acceptors (Lipinski definition) is 5. The van der Waals surface area contributed by atoms with E-state index in [0.29, 0.717) is 24.4 Å². The van der Waals surface area contributed by atoms with E-state index in [0.717, 1.165) is 48.9 Å². The van der Waals surface area contributed by atoms with Gasteiger partial charge in [0.2, 0.25) is 11.8 Å². The van der Waals surface area contributed by atoms with Gasteiger partial charge in [-0.05, 0) is 88.2 Å². The molecular weight excluding hydrogens is 576 g/mol. The van der Waals surface area contributed by atoms with E-state index in [1.54, 1.807) is 6.20 Å². The second kappa shape index (κ2) is 15.2. The molecular formula is C38H46N4O4. The number of nitrogens with zero attached hydrogens (tertiary/aromatic N) is 2. The molecule has 2 amide bonds. The van der Waals surface area contributed by atoms with Crippen molar-refractivity contribution in [3.05, 3.63) is 108 Å². The maximum atomic E-state index is 13.6. The van der Waals surface area contributed by atoms with Crippen LogP contribution in [0.1, 0.15) is 50.3 Å². The molecule has 5 rings (SSSR count). The molecule has 0 radical (unpaired) electrons. The lowest BCUT2D eigenvalue weighted by Gasteiger charge is -2.32. The summed E-state index contributed by atoms with van der Waals surface area (Å²) in [6, 6.07) is 27.3. The molecule has 46 heavy (non-hydrogen) atoms. The number of carbonyl (C=O) groups excluding carboxylic acids is 3. The molecule has 2 N–H and O–H groups in total. The maximum absolute atomic E-state index is 13.6. The number of hydrogen-bond donors (Lipinski definition) is 2. The third-order valence-corrected chi connectivity index (χ3v) is 8.46. The van der Waals surface area contributed by atoms with Gasteiger partial charge in [0, 0.05) is 24.5 Å². The molecule has 2 heterocycles. The smallest absolute Gasteiger partial charge is 0.419 e. The summed E-state index contributed by atoms with van der Waals surface area (Å²) in [5, 5.41) is 6.91. The van der Waals surface area contributed by atoms with Crippen molar-refractivity contribution < 1.29 is 19.1 Å². The Kier molecular flexibility index (Phi) is 10.9. The Morgan fingerprint density at radius 1 is 0.870 bits per heavy atom. The number of rotatable bonds is 11. The minimum Gasteiger partial charge on any atom is -0.443 e. The van der Waals surface area contributed by atoms with Crippen molar-refractivity contribution in [2.75, 3.05) is 26.2 Å². The number of likely N-dealkylation sites (tertiary alicyclic amines) is 1. The Labute approximate surface area is 272 Å². The van der Waals surface area contributed by atoms with E-state index in [2.05, 4.69) is 39.8 Å². The highest BCUT2D eigenvalue weighted by Gasteiger charge is 2.27. The Balaban J connectivity index is 1.26. The van der Waals surface area contributed by atoms with Crippen LogP contribution in [0.25, 0.3) is 10.9 Å². The number of piperidine rings is 1. The zero-order valence-electron chi connectivity index (χ0n) is 27.2. The molecule has 1 atom stereocenters. The summed E-state index contributed by atoms with van der Waals surface area (Å²) in [4.78, 5) is 42.3. The largest absolute Gasteiger partial charge is 0.443 e. The molecule has 1 fully saturated rings. The van der Waals surface area contributed by atoms with Crippen LogP contribution in [0.5, 0.6) is 0 Å². The fraction of sp³-hybridized carbons (Fsp3) is 0.395. The van der Waals surface area contributed by atoms with Crippen molar-refractivity contribution in [1.29, 1.82) is 0 Å². The minimum atomic E-state index is -0.809. The van der Waals surface area contributed by atoms with Gasteiger partial charge in [-0.25, -0.2) is 4.79 Å². The lowest BCUT2D eigenvalue weighted by Crippen LogP contribution is -2.51. The fourth-order valence-electron chi connectivity index (χ4n) is 6.14. The number of amides is 2. The fourth-order valence-corrected chi connectivity index (χ4v) is 6.14. The van der Waals surface area contributed by atoms with Gasteiger partial charge in [-0.2, -0.15) is 0 Å². The molecule has 3 aromatic carbocycles. The number of fused-ring (bicyclic) bond motifs is 1. The van der Waals surface area contributed by atoms with Crippen molar-refractivity contribution in [1.82, 2.24) is 20.1 Å². The summed E-state index contributed by atoms with van der Waals surface area (Å²) in [7, 11) is 0. The predicted octanol–water partition coefficient (Wildman–Crippen LogP) is 5.77. The van der Waals surface area contributed by atoms with Crippen LogP contribution < -0.4 is 10.6 Å². The molecule has 8 nitrogen and oxygen atoms in total. The van der Waals surface area contributed by atoms with Crippen molar-refractivity contribution in [3.8, 4) is 0 Å². The molecule has 0 saturated carbocycles. The maximum Gasteiger partial charge on any atom is 0.419 e. The average Bonchev–Trinajstić information content (AvgIpc) is 3.40. The van der Waals surface area contributed by atoms with E-state index >= 15 is 0 Å². The second-order valence-electron chi connectivity index (χ2n) is 13.3. The Morgan fingerprint density at radius 3 is 2.17 bits per heavy atom. The van der Waals surface area contributed by atoms with Crippen LogP contribution in [0.15, 0.2) is 91.1 Å². The Hall–Kier alpha value is -4.43. The number of carbonyl (C=O) groups is 3. The summed E-state index contributed by atoms with van der Waals surface area (Å²) in [6.07, 6.45) is 5.29. The first kappa shape index (κ1) is 32.9. The second-order valence-corrected chi connectivity index (χ2v) is 13.3. The third-order valence-electron chi connectivity index (χ3n) is 8.46. The summed E-state index contributed by atoms with van der Waals surface area (Å²) >= 11 is 0. The van der Waals surface area contributed by atoms with Crippen molar-refractivity contribution in [2.45, 2.75) is 64.5 Å². The number of ether oxygens (including phenoxy) is 1. The van der Waals surface area contributed by atoms with Gasteiger partial charge in [0.05, 0.1) is 12.1 Å². The first-order valence-corrected chi connectivity index (χ1v) is 16.3. The average molecular weight is 623 g/mol. The van der Waals surface area contributed by atoms with Crippen molar-refractivity contribution >= 4 is 28.8 Å². The van der Waals surface area contributed by atoms with Gasteiger partial charge in [-0.15, -0.1) is 0 Å². The zero-order valence-corrected chi connectivity index (χ0v) is 27.2. The van der Waals surface area contributed by atoms with Crippen molar-refractivity contribution in [2.24, 2.45) is 5.92 Å². The van der Waals surface area contributed by atoms with Crippen LogP contribution >= 0.6 is 0 Å². The Bertz CT molecular complexity index is 1600. The molecule has 1 saturated heterocycles. The van der Waals surface area contributed by atoms with Crippen LogP contribution in [0, 0.1) is 5.92 Å². The first-order valence-electron chi connectivity index (χ1n) is 16.3. The lowest BCUT2D eigenvalue weighted by atomic mass is 9.90. The van der Waals surface area contributed by atoms with Crippen LogP contribution in [-0.2, 0) is 33.6 Å². The normalized spacial score (nSPS) is 14.9. The number of para-hydroxylation sites is 1. The van der Waals surface area contributed by atoms with Gasteiger partial charge >= 0.3 is 6.09 Å². The topological polar surface area (TPSA) is 92.7 Å². The van der Waals surface area contributed by atoms with Gasteiger partial charge in [0.25, 0.3) is 0 Å². The highest BCUT2D eigenvalue weighted by molar-refractivity contribution is 5.93. The first-order chi connectivity index (χ1) is 22.1. The number of benzene rings is 3. The van der Waals surface area contributed by atoms with E-state index in [4.69, 9.17) is 4.74 Å². The SMILES string of the molecule is CC(C)(C)OC(=O)n1cc(C[C@@H](NC(=O)CN2CCC(Cc3ccccc3)CC2)C(=O)NCCc2ccccc2)c2ccccc21. The third kappa shape index (κ3) is 9.30. The van der Waals surface area contributed by atoms with E-state index < -0.39 is 17.7 Å². The van der Waals surface area contributed by atoms with E-state index in [-0.39, 0.29) is 24.8 Å². The molecule has 0 bridgehead atoms. The van der Waals surface area contributed by atoms with E-state index in [1.807, 2.05) is 81.4 Å². The summed E-state index contributed by atoms with van der Waals surface area (Å²) in [5.74, 6) is 0.174. The van der Waals surface area contributed by atoms with Gasteiger partial charge < -0.3 is 15.4 Å². The van der Waals surface area contributed by atoms with Crippen molar-refractivity contribution in [3.63, 3.8) is 0 Å². The van der Waals surface area contributed by atoms with Crippen LogP contribution in [0.4, 0.5) is 4.79 Å². The van der Waals surface area contributed by atoms with Gasteiger partial charge in [-0.3, -0.25) is 19.1 Å². The molecule has 8 heteroatoms. The summed E-state index contributed by atoms with van der Waals surface area (Å²) in [6.45, 7) is 7.87. The molecule has 0 unspecified atom stereocenters. The van der Waals surface area contributed by atoms with Gasteiger partial charge in [0.15, 0.2) is 0 Å². The molecule has 1 aliphatic heterocycles. The Morgan fingerprint density at radius 2 is 1.50 bits per heavy atom. The standard InChI is InChI=1S/C38H46N4O4/c1-38(2,3)46-37(45)42-26-31(32-16-10-11-17-34(32)42)25-33(36(44)39-21-18-28-12-6-4-7-13-28)40-35(43)27-41-22-19-30(20-23-41)24-29-14-8-5-9-15-29/h4-17,26,30,33H,18-25,27H2,1-3H3,(H,39,44)(H,40,43)/t33-/m1/s1. The summed E-state index contributed by atoms with van der Waals surface area (Å²) < 4.78 is 7.14. The zero-order chi connectivity index (χ0) is 32.5. The van der Waals surface area contributed by atoms with Crippen LogP contribution in [0.2, 0.25) is 0 Å². The van der Waals surface area contributed by atoms with E-state index in [1.165, 1.54) is 10.1 Å². The number of nitrogens with one attached hydrogen (secondary N) is 2. The number of aromatic nitrogens is 1. The van der Waals surface area contributed by atoms with Crippen LogP contribution in [-0.4, -0.2) is 65.2 Å². The molecule has 0 spiro atoms. The molecule has 1 aromatic heterocycles. The lowest BCUT2D eigenvalue weighted by molar-refractivity contribution is -0.129. The predicted molar refractivity (Wildman–Crippen MR) is 182 cm³/mol. The quantitative estimate of drug-likeness (QED) is 0.222.